The van der Waals surface area contributed by atoms with Crippen molar-refractivity contribution >= 4 is 23.2 Å². The number of anilines is 1. The summed E-state index contributed by atoms with van der Waals surface area (Å²) in [5, 5.41) is 7.02. The van der Waals surface area contributed by atoms with Gasteiger partial charge in [0.15, 0.2) is 0 Å². The third-order valence-electron chi connectivity index (χ3n) is 5.25. The number of amides is 2. The Morgan fingerprint density at radius 3 is 1.82 bits per heavy atom. The Bertz CT molecular complexity index is 1140. The molecule has 0 aliphatic heterocycles. The van der Waals surface area contributed by atoms with Crippen LogP contribution in [0.5, 0.6) is 5.75 Å². The van der Waals surface area contributed by atoms with Gasteiger partial charge in [-0.2, -0.15) is 5.10 Å². The molecule has 0 radical (unpaired) electrons. The number of nitrogens with one attached hydrogen (secondary N) is 2. The minimum atomic E-state index is -0.335. The zero-order valence-corrected chi connectivity index (χ0v) is 19.6. The number of ether oxygens (including phenoxy) is 1. The quantitative estimate of drug-likeness (QED) is 0.395. The fourth-order valence-corrected chi connectivity index (χ4v) is 3.13. The SMILES string of the molecule is COc1ccc(C(C)=NNC(=O)c2ccc(NC(=O)c3ccc(C(C)(C)C)cc3)cc2)cc1. The van der Waals surface area contributed by atoms with Crippen LogP contribution in [0.25, 0.3) is 0 Å². The molecule has 0 aromatic heterocycles. The molecule has 0 bridgehead atoms. The van der Waals surface area contributed by atoms with Crippen molar-refractivity contribution < 1.29 is 14.3 Å². The summed E-state index contributed by atoms with van der Waals surface area (Å²) in [7, 11) is 1.61. The molecule has 0 saturated carbocycles. The number of hydrogen-bond acceptors (Lipinski definition) is 4. The molecule has 0 atom stereocenters. The van der Waals surface area contributed by atoms with Crippen molar-refractivity contribution in [1.82, 2.24) is 5.43 Å². The Kier molecular flexibility index (Phi) is 7.28. The van der Waals surface area contributed by atoms with Crippen molar-refractivity contribution in [2.24, 2.45) is 5.10 Å². The van der Waals surface area contributed by atoms with Gasteiger partial charge in [0.2, 0.25) is 0 Å². The Morgan fingerprint density at radius 2 is 1.27 bits per heavy atom. The van der Waals surface area contributed by atoms with Gasteiger partial charge in [0.1, 0.15) is 5.75 Å². The summed E-state index contributed by atoms with van der Waals surface area (Å²) in [4.78, 5) is 25.0. The number of hydrogen-bond donors (Lipinski definition) is 2. The Hall–Kier alpha value is -3.93. The Labute approximate surface area is 194 Å². The van der Waals surface area contributed by atoms with Crippen LogP contribution in [-0.2, 0) is 5.41 Å². The highest BCUT2D eigenvalue weighted by atomic mass is 16.5. The number of carbonyl (C=O) groups excluding carboxylic acids is 2. The molecule has 3 aromatic rings. The molecule has 0 aliphatic carbocycles. The molecule has 170 valence electrons. The second kappa shape index (κ2) is 10.1. The van der Waals surface area contributed by atoms with Crippen LogP contribution in [0, 0.1) is 0 Å². The molecule has 0 heterocycles. The fraction of sp³-hybridized carbons (Fsp3) is 0.222. The molecule has 0 fully saturated rings. The molecule has 6 nitrogen and oxygen atoms in total. The molecule has 2 N–H and O–H groups in total. The second-order valence-corrected chi connectivity index (χ2v) is 8.73. The van der Waals surface area contributed by atoms with Crippen molar-refractivity contribution in [2.45, 2.75) is 33.1 Å². The Balaban J connectivity index is 1.59. The van der Waals surface area contributed by atoms with E-state index >= 15 is 0 Å². The normalized spacial score (nSPS) is 11.6. The summed E-state index contributed by atoms with van der Waals surface area (Å²) < 4.78 is 5.14. The number of nitrogens with zero attached hydrogens (tertiary/aromatic N) is 1. The highest BCUT2D eigenvalue weighted by molar-refractivity contribution is 6.05. The molecule has 6 heteroatoms. The molecule has 2 amide bonds. The van der Waals surface area contributed by atoms with Crippen LogP contribution < -0.4 is 15.5 Å². The van der Waals surface area contributed by atoms with E-state index in [4.69, 9.17) is 4.74 Å². The topological polar surface area (TPSA) is 79.8 Å². The fourth-order valence-electron chi connectivity index (χ4n) is 3.13. The van der Waals surface area contributed by atoms with Gasteiger partial charge in [-0.3, -0.25) is 9.59 Å². The summed E-state index contributed by atoms with van der Waals surface area (Å²) in [6.07, 6.45) is 0. The third-order valence-corrected chi connectivity index (χ3v) is 5.25. The van der Waals surface area contributed by atoms with Crippen molar-refractivity contribution in [3.8, 4) is 5.75 Å². The summed E-state index contributed by atoms with van der Waals surface area (Å²) in [6.45, 7) is 8.21. The van der Waals surface area contributed by atoms with Gasteiger partial charge in [-0.25, -0.2) is 5.43 Å². The third kappa shape index (κ3) is 6.29. The molecule has 33 heavy (non-hydrogen) atoms. The first-order chi connectivity index (χ1) is 15.7. The van der Waals surface area contributed by atoms with Gasteiger partial charge in [0, 0.05) is 16.8 Å². The van der Waals surface area contributed by atoms with E-state index in [1.807, 2.05) is 55.5 Å². The average molecular weight is 444 g/mol. The van der Waals surface area contributed by atoms with Gasteiger partial charge in [-0.15, -0.1) is 0 Å². The number of benzene rings is 3. The summed E-state index contributed by atoms with van der Waals surface area (Å²) in [5.41, 5.74) is 6.93. The molecule has 0 unspecified atom stereocenters. The number of hydrazone groups is 1. The van der Waals surface area contributed by atoms with Gasteiger partial charge < -0.3 is 10.1 Å². The van der Waals surface area contributed by atoms with Gasteiger partial charge in [-0.05, 0) is 84.1 Å². The van der Waals surface area contributed by atoms with E-state index in [1.54, 1.807) is 31.4 Å². The second-order valence-electron chi connectivity index (χ2n) is 8.73. The lowest BCUT2D eigenvalue weighted by Gasteiger charge is -2.19. The van der Waals surface area contributed by atoms with Crippen LogP contribution in [0.2, 0.25) is 0 Å². The molecule has 0 saturated heterocycles. The van der Waals surface area contributed by atoms with Crippen molar-refractivity contribution in [2.75, 3.05) is 12.4 Å². The van der Waals surface area contributed by atoms with E-state index in [0.29, 0.717) is 22.5 Å². The zero-order chi connectivity index (χ0) is 24.0. The maximum atomic E-state index is 12.5. The molecular weight excluding hydrogens is 414 g/mol. The average Bonchev–Trinajstić information content (AvgIpc) is 2.82. The zero-order valence-electron chi connectivity index (χ0n) is 19.6. The number of rotatable bonds is 6. The molecule has 3 rings (SSSR count). The predicted octanol–water partition coefficient (Wildman–Crippen LogP) is 5.40. The highest BCUT2D eigenvalue weighted by Gasteiger charge is 2.14. The van der Waals surface area contributed by atoms with Gasteiger partial charge >= 0.3 is 0 Å². The van der Waals surface area contributed by atoms with Crippen LogP contribution in [0.4, 0.5) is 5.69 Å². The smallest absolute Gasteiger partial charge is 0.271 e. The van der Waals surface area contributed by atoms with Crippen LogP contribution in [0.15, 0.2) is 77.9 Å². The van der Waals surface area contributed by atoms with E-state index < -0.39 is 0 Å². The first-order valence-corrected chi connectivity index (χ1v) is 10.7. The highest BCUT2D eigenvalue weighted by Crippen LogP contribution is 2.22. The standard InChI is InChI=1S/C27H29N3O3/c1-18(19-10-16-24(33-5)17-11-19)29-30-26(32)21-8-14-23(15-9-21)28-25(31)20-6-12-22(13-7-20)27(2,3)4/h6-17H,1-5H3,(H,28,31)(H,30,32). The molecular formula is C27H29N3O3. The monoisotopic (exact) mass is 443 g/mol. The van der Waals surface area contributed by atoms with E-state index in [-0.39, 0.29) is 17.2 Å². The van der Waals surface area contributed by atoms with E-state index in [0.717, 1.165) is 11.3 Å². The number of carbonyl (C=O) groups is 2. The minimum Gasteiger partial charge on any atom is -0.497 e. The summed E-state index contributed by atoms with van der Waals surface area (Å²) in [5.74, 6) is 0.218. The maximum absolute atomic E-state index is 12.5. The lowest BCUT2D eigenvalue weighted by atomic mass is 9.87. The molecule has 3 aromatic carbocycles. The van der Waals surface area contributed by atoms with E-state index in [1.165, 1.54) is 5.56 Å². The summed E-state index contributed by atoms with van der Waals surface area (Å²) in [6, 6.07) is 21.7. The first kappa shape index (κ1) is 23.7. The number of methoxy groups -OCH3 is 1. The van der Waals surface area contributed by atoms with Crippen LogP contribution in [0.1, 0.15) is 59.5 Å². The lowest BCUT2D eigenvalue weighted by Crippen LogP contribution is -2.19. The maximum Gasteiger partial charge on any atom is 0.271 e. The van der Waals surface area contributed by atoms with E-state index in [2.05, 4.69) is 36.6 Å². The van der Waals surface area contributed by atoms with Crippen LogP contribution in [0.3, 0.4) is 0 Å². The van der Waals surface area contributed by atoms with Crippen molar-refractivity contribution in [3.63, 3.8) is 0 Å². The van der Waals surface area contributed by atoms with Gasteiger partial charge in [0.05, 0.1) is 12.8 Å². The Morgan fingerprint density at radius 1 is 0.758 bits per heavy atom. The van der Waals surface area contributed by atoms with Crippen LogP contribution in [-0.4, -0.2) is 24.6 Å². The van der Waals surface area contributed by atoms with Gasteiger partial charge in [0.25, 0.3) is 11.8 Å². The van der Waals surface area contributed by atoms with Crippen molar-refractivity contribution in [3.05, 3.63) is 95.1 Å². The minimum absolute atomic E-state index is 0.0304. The largest absolute Gasteiger partial charge is 0.497 e. The molecule has 0 spiro atoms. The predicted molar refractivity (Wildman–Crippen MR) is 132 cm³/mol. The van der Waals surface area contributed by atoms with Crippen molar-refractivity contribution in [1.29, 1.82) is 0 Å². The molecule has 0 aliphatic rings. The summed E-state index contributed by atoms with van der Waals surface area (Å²) >= 11 is 0. The van der Waals surface area contributed by atoms with Gasteiger partial charge in [-0.1, -0.05) is 32.9 Å². The lowest BCUT2D eigenvalue weighted by molar-refractivity contribution is 0.0954. The van der Waals surface area contributed by atoms with Crippen LogP contribution >= 0.6 is 0 Å². The van der Waals surface area contributed by atoms with E-state index in [9.17, 15) is 9.59 Å². The first-order valence-electron chi connectivity index (χ1n) is 10.7.